The zero-order valence-corrected chi connectivity index (χ0v) is 16.0. The van der Waals surface area contributed by atoms with Crippen LogP contribution in [-0.2, 0) is 20.1 Å². The Balaban J connectivity index is 1.48. The molecule has 2 atom stereocenters. The number of piperidine rings is 1. The lowest BCUT2D eigenvalue weighted by atomic mass is 9.94. The third-order valence-corrected chi connectivity index (χ3v) is 6.34. The Labute approximate surface area is 155 Å². The summed E-state index contributed by atoms with van der Waals surface area (Å²) in [5.41, 5.74) is 5.63. The molecule has 1 N–H and O–H groups in total. The molecule has 3 aliphatic rings. The van der Waals surface area contributed by atoms with E-state index >= 15 is 0 Å². The summed E-state index contributed by atoms with van der Waals surface area (Å²) in [7, 11) is 1.99. The third kappa shape index (κ3) is 3.17. The fourth-order valence-electron chi connectivity index (χ4n) is 4.61. The number of fused-ring (bicyclic) bond motifs is 4. The van der Waals surface area contributed by atoms with E-state index in [2.05, 4.69) is 45.8 Å². The predicted molar refractivity (Wildman–Crippen MR) is 100 cm³/mol. The van der Waals surface area contributed by atoms with Crippen LogP contribution < -0.4 is 0 Å². The van der Waals surface area contributed by atoms with Crippen molar-refractivity contribution in [3.05, 3.63) is 40.7 Å². The molecule has 0 spiro atoms. The number of nitrogens with zero attached hydrogens (tertiary/aromatic N) is 5. The lowest BCUT2D eigenvalue weighted by Gasteiger charge is -2.36. The van der Waals surface area contributed by atoms with Gasteiger partial charge in [-0.25, -0.2) is 4.98 Å². The fourth-order valence-corrected chi connectivity index (χ4v) is 4.61. The Hall–Kier alpha value is -2.10. The molecular formula is C20H28N6. The van der Waals surface area contributed by atoms with Crippen molar-refractivity contribution < 1.29 is 0 Å². The fraction of sp³-hybridized carbons (Fsp3) is 0.600. The number of hydrogen-bond donors (Lipinski definition) is 1. The van der Waals surface area contributed by atoms with Crippen molar-refractivity contribution in [2.24, 2.45) is 13.0 Å². The summed E-state index contributed by atoms with van der Waals surface area (Å²) in [6.07, 6.45) is 4.40. The Bertz CT molecular complexity index is 826. The topological polar surface area (TPSA) is 63.9 Å². The zero-order chi connectivity index (χ0) is 18.3. The van der Waals surface area contributed by atoms with Gasteiger partial charge in [0.05, 0.1) is 12.0 Å². The largest absolute Gasteiger partial charge is 0.348 e. The maximum absolute atomic E-state index is 9.29. The van der Waals surface area contributed by atoms with Gasteiger partial charge in [0.2, 0.25) is 0 Å². The highest BCUT2D eigenvalue weighted by molar-refractivity contribution is 5.34. The third-order valence-electron chi connectivity index (χ3n) is 6.34. The van der Waals surface area contributed by atoms with Crippen molar-refractivity contribution in [1.29, 1.82) is 5.26 Å². The van der Waals surface area contributed by atoms with Crippen LogP contribution in [0.2, 0.25) is 0 Å². The molecule has 0 aromatic carbocycles. The molecule has 3 fully saturated rings. The van der Waals surface area contributed by atoms with Crippen molar-refractivity contribution in [3.8, 4) is 6.07 Å². The molecular weight excluding hydrogens is 324 g/mol. The number of aromatic nitrogens is 3. The summed E-state index contributed by atoms with van der Waals surface area (Å²) in [6, 6.07) is 4.97. The minimum absolute atomic E-state index is 0.595. The summed E-state index contributed by atoms with van der Waals surface area (Å²) in [6.45, 7) is 9.56. The van der Waals surface area contributed by atoms with Gasteiger partial charge >= 0.3 is 0 Å². The first-order chi connectivity index (χ1) is 12.5. The molecule has 0 radical (unpaired) electrons. The van der Waals surface area contributed by atoms with Gasteiger partial charge in [-0.3, -0.25) is 9.80 Å². The van der Waals surface area contributed by atoms with E-state index in [1.807, 2.05) is 11.6 Å². The van der Waals surface area contributed by atoms with Crippen molar-refractivity contribution >= 4 is 0 Å². The molecule has 0 unspecified atom stereocenters. The van der Waals surface area contributed by atoms with Crippen LogP contribution in [0.5, 0.6) is 0 Å². The highest BCUT2D eigenvalue weighted by Gasteiger charge is 2.35. The number of aryl methyl sites for hydroxylation is 1. The van der Waals surface area contributed by atoms with Crippen LogP contribution in [0, 0.1) is 31.1 Å². The Morgan fingerprint density at radius 3 is 2.77 bits per heavy atom. The summed E-state index contributed by atoms with van der Waals surface area (Å²) in [5.74, 6) is 0.729. The van der Waals surface area contributed by atoms with Gasteiger partial charge in [-0.1, -0.05) is 0 Å². The minimum atomic E-state index is 0.595. The number of nitrogens with one attached hydrogen (secondary N) is 1. The van der Waals surface area contributed by atoms with Gasteiger partial charge in [0.15, 0.2) is 0 Å². The molecule has 0 amide bonds. The van der Waals surface area contributed by atoms with Crippen LogP contribution in [0.3, 0.4) is 0 Å². The van der Waals surface area contributed by atoms with Gasteiger partial charge in [0.1, 0.15) is 11.8 Å². The molecule has 3 aliphatic heterocycles. The second kappa shape index (κ2) is 6.90. The van der Waals surface area contributed by atoms with Crippen LogP contribution in [0.15, 0.2) is 12.4 Å². The molecule has 0 saturated carbocycles. The maximum Gasteiger partial charge on any atom is 0.120 e. The number of H-pyrrole nitrogens is 1. The van der Waals surface area contributed by atoms with E-state index in [-0.39, 0.29) is 0 Å². The second-order valence-electron chi connectivity index (χ2n) is 8.01. The number of nitriles is 1. The maximum atomic E-state index is 9.29. The standard InChI is InChI=1S/C20H28N6/c1-14-20(23-13-22-14)12-25-8-16-4-5-18(11-25)26(9-16)10-17-6-19(7-21)24(3)15(17)2/h6,13,16,18H,4-5,8-12H2,1-3H3,(H,22,23)/t16-,18+/m0/s1. The Morgan fingerprint density at radius 2 is 2.08 bits per heavy atom. The van der Waals surface area contributed by atoms with Crippen LogP contribution in [-0.4, -0.2) is 50.0 Å². The highest BCUT2D eigenvalue weighted by atomic mass is 15.3. The van der Waals surface area contributed by atoms with Gasteiger partial charge in [-0.05, 0) is 44.2 Å². The molecule has 6 nitrogen and oxygen atoms in total. The van der Waals surface area contributed by atoms with Crippen LogP contribution in [0.25, 0.3) is 0 Å². The van der Waals surface area contributed by atoms with Crippen LogP contribution in [0.1, 0.15) is 41.2 Å². The van der Waals surface area contributed by atoms with E-state index in [1.165, 1.54) is 35.5 Å². The molecule has 26 heavy (non-hydrogen) atoms. The smallest absolute Gasteiger partial charge is 0.120 e. The highest BCUT2D eigenvalue weighted by Crippen LogP contribution is 2.30. The number of aromatic amines is 1. The molecule has 2 aromatic heterocycles. The van der Waals surface area contributed by atoms with Crippen molar-refractivity contribution in [3.63, 3.8) is 0 Å². The first-order valence-electron chi connectivity index (χ1n) is 9.55. The number of rotatable bonds is 4. The first kappa shape index (κ1) is 17.3. The molecule has 138 valence electrons. The molecule has 2 bridgehead atoms. The van der Waals surface area contributed by atoms with E-state index in [1.54, 1.807) is 6.33 Å². The summed E-state index contributed by atoms with van der Waals surface area (Å²) in [4.78, 5) is 12.9. The van der Waals surface area contributed by atoms with E-state index in [0.717, 1.165) is 44.3 Å². The van der Waals surface area contributed by atoms with Gasteiger partial charge < -0.3 is 9.55 Å². The molecule has 3 saturated heterocycles. The predicted octanol–water partition coefficient (Wildman–Crippen LogP) is 2.33. The van der Waals surface area contributed by atoms with Gasteiger partial charge in [-0.2, -0.15) is 5.26 Å². The van der Waals surface area contributed by atoms with E-state index < -0.39 is 0 Å². The average molecular weight is 352 g/mol. The minimum Gasteiger partial charge on any atom is -0.348 e. The van der Waals surface area contributed by atoms with E-state index in [9.17, 15) is 5.26 Å². The summed E-state index contributed by atoms with van der Waals surface area (Å²) >= 11 is 0. The van der Waals surface area contributed by atoms with Crippen LogP contribution in [0.4, 0.5) is 0 Å². The van der Waals surface area contributed by atoms with E-state index in [4.69, 9.17) is 0 Å². The summed E-state index contributed by atoms with van der Waals surface area (Å²) < 4.78 is 2.01. The summed E-state index contributed by atoms with van der Waals surface area (Å²) in [5, 5.41) is 9.29. The van der Waals surface area contributed by atoms with E-state index in [0.29, 0.717) is 6.04 Å². The molecule has 6 heteroatoms. The lowest BCUT2D eigenvalue weighted by molar-refractivity contribution is 0.123. The van der Waals surface area contributed by atoms with Crippen molar-refractivity contribution in [2.75, 3.05) is 19.6 Å². The van der Waals surface area contributed by atoms with Gasteiger partial charge in [0.25, 0.3) is 0 Å². The van der Waals surface area contributed by atoms with Crippen molar-refractivity contribution in [2.45, 2.75) is 45.8 Å². The SMILES string of the molecule is Cc1[nH]cnc1CN1C[C@@H]2CC[C@H](C1)N(Cc1cc(C#N)n(C)c1C)C2. The molecule has 2 aromatic rings. The second-order valence-corrected chi connectivity index (χ2v) is 8.01. The number of imidazole rings is 1. The molecule has 5 heterocycles. The molecule has 5 rings (SSSR count). The monoisotopic (exact) mass is 352 g/mol. The Morgan fingerprint density at radius 1 is 1.23 bits per heavy atom. The first-order valence-corrected chi connectivity index (χ1v) is 9.55. The van der Waals surface area contributed by atoms with Crippen LogP contribution >= 0.6 is 0 Å². The van der Waals surface area contributed by atoms with Gasteiger partial charge in [0, 0.05) is 57.2 Å². The zero-order valence-electron chi connectivity index (χ0n) is 16.0. The van der Waals surface area contributed by atoms with Gasteiger partial charge in [-0.15, -0.1) is 0 Å². The lowest BCUT2D eigenvalue weighted by Crippen LogP contribution is -2.43. The molecule has 0 aliphatic carbocycles. The average Bonchev–Trinajstić information content (AvgIpc) is 3.00. The quantitative estimate of drug-likeness (QED) is 0.917. The number of hydrogen-bond acceptors (Lipinski definition) is 4. The normalized spacial score (nSPS) is 23.9. The Kier molecular flexibility index (Phi) is 4.60. The van der Waals surface area contributed by atoms with Crippen molar-refractivity contribution in [1.82, 2.24) is 24.3 Å².